The van der Waals surface area contributed by atoms with Crippen molar-refractivity contribution in [2.45, 2.75) is 47.7 Å². The van der Waals surface area contributed by atoms with E-state index in [0.717, 1.165) is 12.1 Å². The van der Waals surface area contributed by atoms with E-state index in [1.165, 1.54) is 0 Å². The van der Waals surface area contributed by atoms with E-state index in [1.54, 1.807) is 19.9 Å². The van der Waals surface area contributed by atoms with Crippen molar-refractivity contribution in [3.05, 3.63) is 34.9 Å². The van der Waals surface area contributed by atoms with Gasteiger partial charge in [-0.05, 0) is 26.0 Å². The average Bonchev–Trinajstić information content (AvgIpc) is 2.21. The van der Waals surface area contributed by atoms with Gasteiger partial charge in [0.25, 0.3) is 0 Å². The molecule has 0 amide bonds. The molecule has 0 saturated carbocycles. The number of aryl methyl sites for hydroxylation is 2. The Kier molecular flexibility index (Phi) is 8.92. The fourth-order valence-electron chi connectivity index (χ4n) is 1.14. The first-order valence-electron chi connectivity index (χ1n) is 5.55. The molecule has 0 heterocycles. The Hall–Kier alpha value is -0.990. The third-order valence-electron chi connectivity index (χ3n) is 1.55. The third-order valence-corrected chi connectivity index (χ3v) is 1.55. The Morgan fingerprint density at radius 1 is 0.750 bits per heavy atom. The lowest BCUT2D eigenvalue weighted by molar-refractivity contribution is -0.137. The number of benzene rings is 1. The van der Waals surface area contributed by atoms with Crippen LogP contribution in [-0.2, 0) is 6.18 Å². The molecule has 0 nitrogen and oxygen atoms in total. The number of hydrogen-bond donors (Lipinski definition) is 0. The van der Waals surface area contributed by atoms with E-state index in [2.05, 4.69) is 0 Å². The van der Waals surface area contributed by atoms with Crippen molar-refractivity contribution in [2.24, 2.45) is 0 Å². The van der Waals surface area contributed by atoms with Crippen molar-refractivity contribution >= 4 is 0 Å². The average molecular weight is 234 g/mol. The lowest BCUT2D eigenvalue weighted by Gasteiger charge is -2.08. The molecule has 0 aliphatic rings. The molecule has 0 fully saturated rings. The summed E-state index contributed by atoms with van der Waals surface area (Å²) in [6, 6.07) is 4.01. The first-order valence-corrected chi connectivity index (χ1v) is 5.55. The molecule has 0 aliphatic carbocycles. The molecular formula is C13H21F3. The summed E-state index contributed by atoms with van der Waals surface area (Å²) in [6.45, 7) is 11.3. The Balaban J connectivity index is 0. The van der Waals surface area contributed by atoms with Crippen molar-refractivity contribution in [1.29, 1.82) is 0 Å². The highest BCUT2D eigenvalue weighted by molar-refractivity contribution is 5.30. The lowest BCUT2D eigenvalue weighted by Crippen LogP contribution is -2.05. The minimum Gasteiger partial charge on any atom is -0.166 e. The van der Waals surface area contributed by atoms with Crippen LogP contribution < -0.4 is 0 Å². The number of alkyl halides is 3. The zero-order valence-electron chi connectivity index (χ0n) is 10.9. The molecule has 0 N–H and O–H groups in total. The standard InChI is InChI=1S/C9H9F3.2C2H6/c1-6-3-7(2)5-8(4-6)9(10,11)12;2*1-2/h3-5H,1-2H3;2*1-2H3. The maximum absolute atomic E-state index is 12.1. The van der Waals surface area contributed by atoms with Gasteiger partial charge in [-0.25, -0.2) is 0 Å². The van der Waals surface area contributed by atoms with Gasteiger partial charge in [0.15, 0.2) is 0 Å². The van der Waals surface area contributed by atoms with E-state index in [9.17, 15) is 13.2 Å². The summed E-state index contributed by atoms with van der Waals surface area (Å²) in [5.74, 6) is 0. The molecule has 0 unspecified atom stereocenters. The van der Waals surface area contributed by atoms with Crippen LogP contribution in [0.3, 0.4) is 0 Å². The van der Waals surface area contributed by atoms with Gasteiger partial charge >= 0.3 is 6.18 Å². The van der Waals surface area contributed by atoms with Crippen LogP contribution in [0.4, 0.5) is 13.2 Å². The Labute approximate surface area is 96.5 Å². The summed E-state index contributed by atoms with van der Waals surface area (Å²) in [6.07, 6.45) is -4.23. The lowest BCUT2D eigenvalue weighted by atomic mass is 10.1. The molecule has 94 valence electrons. The van der Waals surface area contributed by atoms with E-state index in [1.807, 2.05) is 27.7 Å². The van der Waals surface area contributed by atoms with Gasteiger partial charge in [-0.2, -0.15) is 13.2 Å². The first-order chi connectivity index (χ1) is 7.39. The fourth-order valence-corrected chi connectivity index (χ4v) is 1.14. The molecular weight excluding hydrogens is 213 g/mol. The van der Waals surface area contributed by atoms with Crippen LogP contribution in [0.5, 0.6) is 0 Å². The summed E-state index contributed by atoms with van der Waals surface area (Å²) < 4.78 is 36.4. The third kappa shape index (κ3) is 6.49. The van der Waals surface area contributed by atoms with Crippen LogP contribution in [0.15, 0.2) is 18.2 Å². The summed E-state index contributed by atoms with van der Waals surface area (Å²) in [7, 11) is 0. The molecule has 16 heavy (non-hydrogen) atoms. The smallest absolute Gasteiger partial charge is 0.166 e. The Bertz CT molecular complexity index is 267. The predicted octanol–water partition coefficient (Wildman–Crippen LogP) is 5.37. The molecule has 1 aromatic carbocycles. The van der Waals surface area contributed by atoms with Crippen molar-refractivity contribution in [3.63, 3.8) is 0 Å². The Morgan fingerprint density at radius 3 is 1.31 bits per heavy atom. The molecule has 0 aromatic heterocycles. The van der Waals surface area contributed by atoms with Crippen LogP contribution in [0, 0.1) is 13.8 Å². The fraction of sp³-hybridized carbons (Fsp3) is 0.538. The molecule has 0 bridgehead atoms. The van der Waals surface area contributed by atoms with Gasteiger partial charge in [0, 0.05) is 0 Å². The van der Waals surface area contributed by atoms with Crippen LogP contribution in [0.25, 0.3) is 0 Å². The maximum Gasteiger partial charge on any atom is 0.416 e. The van der Waals surface area contributed by atoms with Crippen molar-refractivity contribution in [3.8, 4) is 0 Å². The molecule has 0 spiro atoms. The van der Waals surface area contributed by atoms with E-state index < -0.39 is 11.7 Å². The monoisotopic (exact) mass is 234 g/mol. The summed E-state index contributed by atoms with van der Waals surface area (Å²) >= 11 is 0. The zero-order valence-corrected chi connectivity index (χ0v) is 10.9. The van der Waals surface area contributed by atoms with Gasteiger partial charge in [-0.3, -0.25) is 0 Å². The topological polar surface area (TPSA) is 0 Å². The minimum absolute atomic E-state index is 0.569. The second-order valence-corrected chi connectivity index (χ2v) is 2.87. The molecule has 3 heteroatoms. The largest absolute Gasteiger partial charge is 0.416 e. The number of rotatable bonds is 0. The van der Waals surface area contributed by atoms with Crippen molar-refractivity contribution < 1.29 is 13.2 Å². The van der Waals surface area contributed by atoms with Crippen LogP contribution >= 0.6 is 0 Å². The maximum atomic E-state index is 12.1. The highest BCUT2D eigenvalue weighted by Crippen LogP contribution is 2.30. The molecule has 0 radical (unpaired) electrons. The molecule has 1 aromatic rings. The molecule has 0 aliphatic heterocycles. The van der Waals surface area contributed by atoms with Gasteiger partial charge in [0.2, 0.25) is 0 Å². The van der Waals surface area contributed by atoms with E-state index >= 15 is 0 Å². The first kappa shape index (κ1) is 17.4. The minimum atomic E-state index is -4.23. The van der Waals surface area contributed by atoms with Crippen molar-refractivity contribution in [2.75, 3.05) is 0 Å². The van der Waals surface area contributed by atoms with Crippen LogP contribution in [0.2, 0.25) is 0 Å². The SMILES string of the molecule is CC.CC.Cc1cc(C)cc(C(F)(F)F)c1. The highest BCUT2D eigenvalue weighted by atomic mass is 19.4. The van der Waals surface area contributed by atoms with Gasteiger partial charge < -0.3 is 0 Å². The van der Waals surface area contributed by atoms with Gasteiger partial charge in [0.1, 0.15) is 0 Å². The quantitative estimate of drug-likeness (QED) is 0.565. The predicted molar refractivity (Wildman–Crippen MR) is 63.6 cm³/mol. The number of hydrogen-bond acceptors (Lipinski definition) is 0. The highest BCUT2D eigenvalue weighted by Gasteiger charge is 2.30. The number of halogens is 3. The molecule has 0 atom stereocenters. The van der Waals surface area contributed by atoms with Gasteiger partial charge in [0.05, 0.1) is 5.56 Å². The van der Waals surface area contributed by atoms with Crippen molar-refractivity contribution in [1.82, 2.24) is 0 Å². The molecule has 1 rings (SSSR count). The van der Waals surface area contributed by atoms with Crippen LogP contribution in [-0.4, -0.2) is 0 Å². The van der Waals surface area contributed by atoms with Gasteiger partial charge in [-0.1, -0.05) is 44.9 Å². The van der Waals surface area contributed by atoms with Gasteiger partial charge in [-0.15, -0.1) is 0 Å². The van der Waals surface area contributed by atoms with Crippen LogP contribution in [0.1, 0.15) is 44.4 Å². The second-order valence-electron chi connectivity index (χ2n) is 2.87. The summed E-state index contributed by atoms with van der Waals surface area (Å²) in [5, 5.41) is 0. The second kappa shape index (κ2) is 8.20. The summed E-state index contributed by atoms with van der Waals surface area (Å²) in [4.78, 5) is 0. The normalized spacial score (nSPS) is 9.56. The van der Waals surface area contributed by atoms with E-state index in [-0.39, 0.29) is 0 Å². The van der Waals surface area contributed by atoms with E-state index in [0.29, 0.717) is 11.1 Å². The zero-order chi connectivity index (χ0) is 13.4. The molecule has 0 saturated heterocycles. The Morgan fingerprint density at radius 2 is 1.06 bits per heavy atom. The van der Waals surface area contributed by atoms with E-state index in [4.69, 9.17) is 0 Å². The summed E-state index contributed by atoms with van der Waals surface area (Å²) in [5.41, 5.74) is 0.713.